The quantitative estimate of drug-likeness (QED) is 0.722. The van der Waals surface area contributed by atoms with Crippen molar-refractivity contribution in [3.05, 3.63) is 29.6 Å². The molecule has 0 amide bonds. The molecule has 20 heavy (non-hydrogen) atoms. The Bertz CT molecular complexity index is 549. The number of nitrogens with zero attached hydrogens (tertiary/aromatic N) is 2. The van der Waals surface area contributed by atoms with Crippen molar-refractivity contribution in [1.29, 1.82) is 0 Å². The zero-order valence-corrected chi connectivity index (χ0v) is 13.5. The highest BCUT2D eigenvalue weighted by atomic mass is 35.5. The van der Waals surface area contributed by atoms with Gasteiger partial charge in [-0.3, -0.25) is 0 Å². The van der Waals surface area contributed by atoms with Gasteiger partial charge in [0.05, 0.1) is 0 Å². The maximum absolute atomic E-state index is 13.9. The van der Waals surface area contributed by atoms with Gasteiger partial charge in [0.15, 0.2) is 0 Å². The molecular weight excluding hydrogens is 303 g/mol. The first-order valence-corrected chi connectivity index (χ1v) is 8.22. The number of benzene rings is 1. The molecule has 1 aromatic rings. The van der Waals surface area contributed by atoms with Crippen LogP contribution in [-0.2, 0) is 15.9 Å². The largest absolute Gasteiger partial charge is 0.309 e. The van der Waals surface area contributed by atoms with Gasteiger partial charge in [-0.15, -0.1) is 11.6 Å². The molecule has 0 unspecified atom stereocenters. The Hall–Kier alpha value is -0.690. The minimum absolute atomic E-state index is 0.149. The molecule has 0 saturated heterocycles. The molecule has 0 fully saturated rings. The lowest BCUT2D eigenvalue weighted by Gasteiger charge is -2.19. The lowest BCUT2D eigenvalue weighted by atomic mass is 10.2. The van der Waals surface area contributed by atoms with Crippen LogP contribution in [0.2, 0.25) is 0 Å². The summed E-state index contributed by atoms with van der Waals surface area (Å²) in [5, 5.41) is 0. The standard InChI is InChI=1S/C13H20ClFN2O2S/c1-16(2)7-4-8-17(3)20(18,19)13-6-5-11(10-14)9-12(13)15/h5-6,9H,4,7-8,10H2,1-3H3. The van der Waals surface area contributed by atoms with E-state index in [1.54, 1.807) is 0 Å². The summed E-state index contributed by atoms with van der Waals surface area (Å²) in [5.41, 5.74) is 0.554. The summed E-state index contributed by atoms with van der Waals surface area (Å²) in [5.74, 6) is -0.613. The fourth-order valence-corrected chi connectivity index (χ4v) is 3.15. The molecule has 0 aliphatic rings. The van der Waals surface area contributed by atoms with Crippen molar-refractivity contribution in [2.75, 3.05) is 34.2 Å². The molecule has 0 atom stereocenters. The van der Waals surface area contributed by atoms with E-state index in [4.69, 9.17) is 11.6 Å². The molecule has 0 spiro atoms. The van der Waals surface area contributed by atoms with Crippen LogP contribution in [0.25, 0.3) is 0 Å². The van der Waals surface area contributed by atoms with Crippen LogP contribution in [0.1, 0.15) is 12.0 Å². The third-order valence-electron chi connectivity index (χ3n) is 2.92. The van der Waals surface area contributed by atoms with E-state index in [0.29, 0.717) is 18.5 Å². The SMILES string of the molecule is CN(C)CCCN(C)S(=O)(=O)c1ccc(CCl)cc1F. The van der Waals surface area contributed by atoms with Crippen LogP contribution >= 0.6 is 11.6 Å². The fraction of sp³-hybridized carbons (Fsp3) is 0.538. The van der Waals surface area contributed by atoms with Crippen molar-refractivity contribution >= 4 is 21.6 Å². The molecule has 0 aromatic heterocycles. The molecule has 0 aliphatic carbocycles. The average molecular weight is 323 g/mol. The van der Waals surface area contributed by atoms with Gasteiger partial charge in [-0.25, -0.2) is 17.1 Å². The number of rotatable bonds is 7. The molecular formula is C13H20ClFN2O2S. The minimum atomic E-state index is -3.80. The van der Waals surface area contributed by atoms with Gasteiger partial charge in [-0.2, -0.15) is 0 Å². The van der Waals surface area contributed by atoms with Crippen LogP contribution in [0, 0.1) is 5.82 Å². The molecule has 0 heterocycles. The van der Waals surface area contributed by atoms with Crippen molar-refractivity contribution in [3.63, 3.8) is 0 Å². The van der Waals surface area contributed by atoms with Gasteiger partial charge in [-0.1, -0.05) is 6.07 Å². The Labute approximate surface area is 125 Å². The van der Waals surface area contributed by atoms with Crippen LogP contribution in [0.4, 0.5) is 4.39 Å². The summed E-state index contributed by atoms with van der Waals surface area (Å²) in [4.78, 5) is 1.66. The van der Waals surface area contributed by atoms with E-state index in [1.807, 2.05) is 19.0 Å². The van der Waals surface area contributed by atoms with Gasteiger partial charge in [0.2, 0.25) is 10.0 Å². The highest BCUT2D eigenvalue weighted by molar-refractivity contribution is 7.89. The fourth-order valence-electron chi connectivity index (χ4n) is 1.73. The number of halogens is 2. The molecule has 4 nitrogen and oxygen atoms in total. The predicted molar refractivity (Wildman–Crippen MR) is 78.9 cm³/mol. The Morgan fingerprint density at radius 2 is 1.85 bits per heavy atom. The first kappa shape index (κ1) is 17.4. The van der Waals surface area contributed by atoms with Crippen molar-refractivity contribution in [3.8, 4) is 0 Å². The highest BCUT2D eigenvalue weighted by Crippen LogP contribution is 2.20. The predicted octanol–water partition coefficient (Wildman–Crippen LogP) is 2.14. The van der Waals surface area contributed by atoms with Gasteiger partial charge >= 0.3 is 0 Å². The smallest absolute Gasteiger partial charge is 0.245 e. The van der Waals surface area contributed by atoms with E-state index < -0.39 is 15.8 Å². The minimum Gasteiger partial charge on any atom is -0.309 e. The van der Waals surface area contributed by atoms with Gasteiger partial charge in [0.25, 0.3) is 0 Å². The second kappa shape index (κ2) is 7.36. The van der Waals surface area contributed by atoms with Crippen molar-refractivity contribution in [2.24, 2.45) is 0 Å². The zero-order valence-electron chi connectivity index (χ0n) is 11.9. The van der Waals surface area contributed by atoms with Gasteiger partial charge in [0.1, 0.15) is 10.7 Å². The van der Waals surface area contributed by atoms with Crippen molar-refractivity contribution in [2.45, 2.75) is 17.2 Å². The number of hydrogen-bond acceptors (Lipinski definition) is 3. The highest BCUT2D eigenvalue weighted by Gasteiger charge is 2.24. The van der Waals surface area contributed by atoms with E-state index in [0.717, 1.165) is 12.6 Å². The van der Waals surface area contributed by atoms with Crippen LogP contribution in [0.15, 0.2) is 23.1 Å². The zero-order chi connectivity index (χ0) is 15.3. The maximum atomic E-state index is 13.9. The average Bonchev–Trinajstić information content (AvgIpc) is 2.37. The topological polar surface area (TPSA) is 40.6 Å². The third-order valence-corrected chi connectivity index (χ3v) is 5.12. The summed E-state index contributed by atoms with van der Waals surface area (Å²) in [6.07, 6.45) is 0.685. The van der Waals surface area contributed by atoms with Crippen molar-refractivity contribution in [1.82, 2.24) is 9.21 Å². The van der Waals surface area contributed by atoms with Crippen molar-refractivity contribution < 1.29 is 12.8 Å². The van der Waals surface area contributed by atoms with E-state index in [2.05, 4.69) is 0 Å². The second-order valence-electron chi connectivity index (χ2n) is 4.88. The molecule has 0 N–H and O–H groups in total. The van der Waals surface area contributed by atoms with Gasteiger partial charge < -0.3 is 4.90 Å². The Morgan fingerprint density at radius 1 is 1.20 bits per heavy atom. The first-order valence-electron chi connectivity index (χ1n) is 6.24. The molecule has 1 rings (SSSR count). The molecule has 0 radical (unpaired) electrons. The molecule has 0 aliphatic heterocycles. The summed E-state index contributed by atoms with van der Waals surface area (Å²) >= 11 is 5.60. The second-order valence-corrected chi connectivity index (χ2v) is 7.16. The molecule has 7 heteroatoms. The summed E-state index contributed by atoms with van der Waals surface area (Å²) in [6, 6.07) is 3.95. The monoisotopic (exact) mass is 322 g/mol. The molecule has 0 bridgehead atoms. The Morgan fingerprint density at radius 3 is 2.35 bits per heavy atom. The van der Waals surface area contributed by atoms with E-state index >= 15 is 0 Å². The van der Waals surface area contributed by atoms with Crippen LogP contribution in [0.3, 0.4) is 0 Å². The third kappa shape index (κ3) is 4.41. The lowest BCUT2D eigenvalue weighted by molar-refractivity contribution is 0.369. The maximum Gasteiger partial charge on any atom is 0.245 e. The normalized spacial score (nSPS) is 12.3. The number of hydrogen-bond donors (Lipinski definition) is 0. The Kier molecular flexibility index (Phi) is 6.39. The first-order chi connectivity index (χ1) is 9.28. The van der Waals surface area contributed by atoms with E-state index in [9.17, 15) is 12.8 Å². The van der Waals surface area contributed by atoms with E-state index in [-0.39, 0.29) is 10.8 Å². The van der Waals surface area contributed by atoms with Crippen LogP contribution in [-0.4, -0.2) is 51.9 Å². The van der Waals surface area contributed by atoms with E-state index in [1.165, 1.54) is 23.5 Å². The summed E-state index contributed by atoms with van der Waals surface area (Å²) < 4.78 is 39.6. The van der Waals surface area contributed by atoms with Gasteiger partial charge in [0, 0.05) is 19.5 Å². The molecule has 114 valence electrons. The number of sulfonamides is 1. The Balaban J connectivity index is 2.87. The lowest BCUT2D eigenvalue weighted by Crippen LogP contribution is -2.30. The molecule has 1 aromatic carbocycles. The summed E-state index contributed by atoms with van der Waals surface area (Å²) in [7, 11) is 1.49. The molecule has 0 saturated carbocycles. The van der Waals surface area contributed by atoms with Crippen LogP contribution in [0.5, 0.6) is 0 Å². The van der Waals surface area contributed by atoms with Crippen LogP contribution < -0.4 is 0 Å². The van der Waals surface area contributed by atoms with Gasteiger partial charge in [-0.05, 0) is 44.8 Å². The number of alkyl halides is 1. The summed E-state index contributed by atoms with van der Waals surface area (Å²) in [6.45, 7) is 1.12.